The first-order valence-corrected chi connectivity index (χ1v) is 14.6. The van der Waals surface area contributed by atoms with Crippen LogP contribution in [0.3, 0.4) is 0 Å². The van der Waals surface area contributed by atoms with Crippen molar-refractivity contribution in [1.29, 1.82) is 0 Å². The summed E-state index contributed by atoms with van der Waals surface area (Å²) in [5, 5.41) is 31.4. The zero-order valence-corrected chi connectivity index (χ0v) is 23.8. The third-order valence-electron chi connectivity index (χ3n) is 7.83. The molecule has 5 N–H and O–H groups in total. The van der Waals surface area contributed by atoms with Gasteiger partial charge >= 0.3 is 0 Å². The van der Waals surface area contributed by atoms with Crippen molar-refractivity contribution in [1.82, 2.24) is 15.5 Å². The lowest BCUT2D eigenvalue weighted by Gasteiger charge is -2.26. The molecule has 0 aromatic heterocycles. The van der Waals surface area contributed by atoms with E-state index in [4.69, 9.17) is 0 Å². The summed E-state index contributed by atoms with van der Waals surface area (Å²) in [6, 6.07) is 22.8. The van der Waals surface area contributed by atoms with Crippen LogP contribution in [0.5, 0.6) is 5.75 Å². The van der Waals surface area contributed by atoms with Gasteiger partial charge in [0, 0.05) is 41.6 Å². The number of carbonyl (C=O) groups excluding carboxylic acids is 1. The van der Waals surface area contributed by atoms with E-state index in [-0.39, 0.29) is 11.7 Å². The van der Waals surface area contributed by atoms with Gasteiger partial charge in [-0.15, -0.1) is 0 Å². The van der Waals surface area contributed by atoms with E-state index in [9.17, 15) is 15.0 Å². The van der Waals surface area contributed by atoms with E-state index < -0.39 is 12.1 Å². The van der Waals surface area contributed by atoms with Gasteiger partial charge in [0.2, 0.25) is 0 Å². The van der Waals surface area contributed by atoms with Crippen LogP contribution >= 0.6 is 0 Å². The first kappa shape index (κ1) is 29.6. The summed E-state index contributed by atoms with van der Waals surface area (Å²) in [6.07, 6.45) is 4.56. The van der Waals surface area contributed by atoms with Crippen molar-refractivity contribution in [2.75, 3.05) is 25.0 Å². The zero-order chi connectivity index (χ0) is 28.3. The largest absolute Gasteiger partial charge is 0.508 e. The van der Waals surface area contributed by atoms with Crippen LogP contribution in [-0.2, 0) is 13.0 Å². The van der Waals surface area contributed by atoms with Gasteiger partial charge in [-0.2, -0.15) is 0 Å². The van der Waals surface area contributed by atoms with E-state index in [0.29, 0.717) is 31.1 Å². The van der Waals surface area contributed by atoms with E-state index in [1.54, 1.807) is 12.1 Å². The molecule has 1 saturated carbocycles. The fraction of sp³-hybridized carbons (Fsp3) is 0.424. The fourth-order valence-electron chi connectivity index (χ4n) is 5.35. The maximum Gasteiger partial charge on any atom is 0.251 e. The van der Waals surface area contributed by atoms with Gasteiger partial charge < -0.3 is 26.2 Å². The van der Waals surface area contributed by atoms with E-state index >= 15 is 0 Å². The first-order valence-electron chi connectivity index (χ1n) is 14.6. The molecule has 7 heteroatoms. The summed E-state index contributed by atoms with van der Waals surface area (Å²) in [5.41, 5.74) is 4.05. The number of phenols is 1. The van der Waals surface area contributed by atoms with Gasteiger partial charge in [-0.3, -0.25) is 9.69 Å². The summed E-state index contributed by atoms with van der Waals surface area (Å²) in [6.45, 7) is 7.13. The summed E-state index contributed by atoms with van der Waals surface area (Å²) in [4.78, 5) is 15.6. The highest BCUT2D eigenvalue weighted by atomic mass is 16.3. The Morgan fingerprint density at radius 1 is 0.950 bits per heavy atom. The molecule has 0 saturated heterocycles. The van der Waals surface area contributed by atoms with Crippen LogP contribution in [0.1, 0.15) is 61.0 Å². The number of aliphatic hydroxyl groups excluding tert-OH is 1. The molecular weight excluding hydrogens is 500 g/mol. The minimum absolute atomic E-state index is 0.225. The van der Waals surface area contributed by atoms with Gasteiger partial charge in [0.05, 0.1) is 12.1 Å². The quantitative estimate of drug-likeness (QED) is 0.179. The number of phenolic OH excluding ortho intramolecular Hbond substituents is 1. The highest BCUT2D eigenvalue weighted by Crippen LogP contribution is 2.26. The number of carbonyl (C=O) groups is 1. The minimum atomic E-state index is -0.715. The van der Waals surface area contributed by atoms with Gasteiger partial charge in [0.25, 0.3) is 5.91 Å². The molecule has 214 valence electrons. The standard InChI is InChI=1S/C33H44N4O3/c1-3-37(4-2)23-26-21-29(17-18-31(26)38)35-28-16-10-13-25(20-28)33(40)36-30(19-24-11-6-5-7-12-24)32(39)22-34-27-14-8-9-15-27/h5-7,10-13,16-18,20-21,27,30,32,34-35,38-39H,3-4,8-9,14-15,19,22-23H2,1-2H3,(H,36,40)/t30-,32+/m0/s1. The van der Waals surface area contributed by atoms with Crippen LogP contribution in [0.15, 0.2) is 72.8 Å². The second-order valence-electron chi connectivity index (χ2n) is 10.7. The molecule has 0 aliphatic heterocycles. The van der Waals surface area contributed by atoms with Crippen molar-refractivity contribution < 1.29 is 15.0 Å². The van der Waals surface area contributed by atoms with Crippen molar-refractivity contribution in [3.8, 4) is 5.75 Å². The molecule has 0 heterocycles. The summed E-state index contributed by atoms with van der Waals surface area (Å²) < 4.78 is 0. The number of aromatic hydroxyl groups is 1. The third kappa shape index (κ3) is 8.55. The summed E-state index contributed by atoms with van der Waals surface area (Å²) in [7, 11) is 0. The van der Waals surface area contributed by atoms with Gasteiger partial charge in [0.1, 0.15) is 5.75 Å². The Morgan fingerprint density at radius 3 is 2.40 bits per heavy atom. The molecule has 0 bridgehead atoms. The smallest absolute Gasteiger partial charge is 0.251 e. The van der Waals surface area contributed by atoms with Crippen molar-refractivity contribution in [2.45, 2.75) is 70.7 Å². The highest BCUT2D eigenvalue weighted by molar-refractivity contribution is 5.95. The molecule has 3 aromatic carbocycles. The van der Waals surface area contributed by atoms with E-state index in [1.165, 1.54) is 12.8 Å². The molecule has 40 heavy (non-hydrogen) atoms. The fourth-order valence-corrected chi connectivity index (χ4v) is 5.35. The lowest BCUT2D eigenvalue weighted by atomic mass is 10.00. The number of hydrogen-bond donors (Lipinski definition) is 5. The Hall–Kier alpha value is -3.39. The lowest BCUT2D eigenvalue weighted by Crippen LogP contribution is -2.49. The minimum Gasteiger partial charge on any atom is -0.508 e. The van der Waals surface area contributed by atoms with Gasteiger partial charge in [-0.25, -0.2) is 0 Å². The lowest BCUT2D eigenvalue weighted by molar-refractivity contribution is 0.0825. The Labute approximate surface area is 238 Å². The number of rotatable bonds is 14. The van der Waals surface area contributed by atoms with Gasteiger partial charge in [-0.1, -0.05) is 63.1 Å². The number of nitrogens with zero attached hydrogens (tertiary/aromatic N) is 1. The predicted octanol–water partition coefficient (Wildman–Crippen LogP) is 5.21. The second kappa shape index (κ2) is 14.8. The number of aliphatic hydroxyl groups is 1. The Balaban J connectivity index is 1.44. The molecule has 1 aliphatic rings. The second-order valence-corrected chi connectivity index (χ2v) is 10.7. The monoisotopic (exact) mass is 544 g/mol. The van der Waals surface area contributed by atoms with Gasteiger partial charge in [0.15, 0.2) is 0 Å². The van der Waals surface area contributed by atoms with E-state index in [0.717, 1.165) is 48.4 Å². The van der Waals surface area contributed by atoms with Crippen LogP contribution in [0, 0.1) is 0 Å². The van der Waals surface area contributed by atoms with Crippen molar-refractivity contribution in [2.24, 2.45) is 0 Å². The van der Waals surface area contributed by atoms with Crippen LogP contribution in [-0.4, -0.2) is 58.8 Å². The molecule has 2 atom stereocenters. The molecule has 0 radical (unpaired) electrons. The maximum atomic E-state index is 13.4. The Morgan fingerprint density at radius 2 is 1.68 bits per heavy atom. The van der Waals surface area contributed by atoms with E-state index in [1.807, 2.05) is 60.7 Å². The molecule has 3 aromatic rings. The molecule has 1 aliphatic carbocycles. The van der Waals surface area contributed by atoms with E-state index in [2.05, 4.69) is 34.7 Å². The maximum absolute atomic E-state index is 13.4. The normalized spacial score (nSPS) is 15.2. The number of benzene rings is 3. The van der Waals surface area contributed by atoms with Crippen LogP contribution in [0.2, 0.25) is 0 Å². The topological polar surface area (TPSA) is 96.9 Å². The van der Waals surface area contributed by atoms with Crippen molar-refractivity contribution >= 4 is 17.3 Å². The Bertz CT molecular complexity index is 1210. The molecule has 0 unspecified atom stereocenters. The van der Waals surface area contributed by atoms with Crippen molar-refractivity contribution in [3.05, 3.63) is 89.5 Å². The first-order chi connectivity index (χ1) is 19.4. The average molecular weight is 545 g/mol. The molecule has 1 fully saturated rings. The predicted molar refractivity (Wildman–Crippen MR) is 162 cm³/mol. The highest BCUT2D eigenvalue weighted by Gasteiger charge is 2.24. The summed E-state index contributed by atoms with van der Waals surface area (Å²) >= 11 is 0. The zero-order valence-electron chi connectivity index (χ0n) is 23.8. The number of amides is 1. The van der Waals surface area contributed by atoms with Gasteiger partial charge in [-0.05, 0) is 74.3 Å². The van der Waals surface area contributed by atoms with Crippen LogP contribution in [0.4, 0.5) is 11.4 Å². The molecular formula is C33H44N4O3. The molecule has 1 amide bonds. The van der Waals surface area contributed by atoms with Crippen LogP contribution < -0.4 is 16.0 Å². The van der Waals surface area contributed by atoms with Crippen molar-refractivity contribution in [3.63, 3.8) is 0 Å². The van der Waals surface area contributed by atoms with Crippen LogP contribution in [0.25, 0.3) is 0 Å². The number of hydrogen-bond acceptors (Lipinski definition) is 6. The molecule has 0 spiro atoms. The number of nitrogens with one attached hydrogen (secondary N) is 3. The average Bonchev–Trinajstić information content (AvgIpc) is 3.50. The summed E-state index contributed by atoms with van der Waals surface area (Å²) in [5.74, 6) is 0.0495. The Kier molecular flexibility index (Phi) is 11.0. The SMILES string of the molecule is CCN(CC)Cc1cc(Nc2cccc(C(=O)N[C@@H](Cc3ccccc3)[C@H](O)CNC3CCCC3)c2)ccc1O. The molecule has 4 rings (SSSR count). The third-order valence-corrected chi connectivity index (χ3v) is 7.83. The molecule has 7 nitrogen and oxygen atoms in total. The number of anilines is 2.